The molecule has 0 spiro atoms. The number of aryl methyl sites for hydroxylation is 1. The van der Waals surface area contributed by atoms with Crippen LogP contribution in [0.15, 0.2) is 60.8 Å². The monoisotopic (exact) mass is 330 g/mol. The summed E-state index contributed by atoms with van der Waals surface area (Å²) in [4.78, 5) is 15.5. The second kappa shape index (κ2) is 6.85. The molecule has 5 heteroatoms. The Bertz CT molecular complexity index is 976. The van der Waals surface area contributed by atoms with Gasteiger partial charge in [-0.25, -0.2) is 9.78 Å². The summed E-state index contributed by atoms with van der Waals surface area (Å²) in [5.74, 6) is -0.364. The number of hydrogen-bond donors (Lipinski definition) is 1. The summed E-state index contributed by atoms with van der Waals surface area (Å²) < 4.78 is 5.67. The van der Waals surface area contributed by atoms with Crippen molar-refractivity contribution in [2.24, 2.45) is 0 Å². The highest BCUT2D eigenvalue weighted by Crippen LogP contribution is 2.31. The zero-order valence-corrected chi connectivity index (χ0v) is 13.4. The largest absolute Gasteiger partial charge is 0.478 e. The summed E-state index contributed by atoms with van der Waals surface area (Å²) in [5.41, 5.74) is 2.77. The lowest BCUT2D eigenvalue weighted by atomic mass is 9.97. The number of carbonyl (C=O) groups is 1. The Morgan fingerprint density at radius 3 is 2.68 bits per heavy atom. The number of nitriles is 1. The van der Waals surface area contributed by atoms with E-state index in [0.717, 1.165) is 5.56 Å². The Morgan fingerprint density at radius 2 is 2.00 bits per heavy atom. The average Bonchev–Trinajstić information content (AvgIpc) is 2.62. The van der Waals surface area contributed by atoms with Crippen molar-refractivity contribution in [2.45, 2.75) is 6.92 Å². The van der Waals surface area contributed by atoms with Crippen molar-refractivity contribution in [2.75, 3.05) is 0 Å². The van der Waals surface area contributed by atoms with Gasteiger partial charge in [0.05, 0.1) is 17.2 Å². The molecule has 0 saturated carbocycles. The van der Waals surface area contributed by atoms with Crippen LogP contribution in [-0.4, -0.2) is 16.1 Å². The van der Waals surface area contributed by atoms with Crippen LogP contribution < -0.4 is 4.74 Å². The number of nitrogens with zero attached hydrogens (tertiary/aromatic N) is 2. The fourth-order valence-electron chi connectivity index (χ4n) is 2.47. The molecular formula is C20H14N2O3. The standard InChI is InChI=1S/C20H14N2O3/c1-13-5-6-18(16(8-13)12-21)14-9-15(20(23)24)11-17(10-14)25-19-4-2-3-7-22-19/h2-11H,1H3,(H,23,24). The number of carboxylic acids is 1. The molecule has 122 valence electrons. The second-order valence-corrected chi connectivity index (χ2v) is 5.48. The van der Waals surface area contributed by atoms with Crippen LogP contribution in [0, 0.1) is 18.3 Å². The van der Waals surface area contributed by atoms with Crippen molar-refractivity contribution in [1.82, 2.24) is 4.98 Å². The number of pyridine rings is 1. The molecular weight excluding hydrogens is 316 g/mol. The van der Waals surface area contributed by atoms with Crippen LogP contribution in [0.5, 0.6) is 11.6 Å². The summed E-state index contributed by atoms with van der Waals surface area (Å²) in [6.07, 6.45) is 1.59. The van der Waals surface area contributed by atoms with Gasteiger partial charge in [-0.2, -0.15) is 5.26 Å². The van der Waals surface area contributed by atoms with E-state index < -0.39 is 5.97 Å². The highest BCUT2D eigenvalue weighted by Gasteiger charge is 2.13. The Morgan fingerprint density at radius 1 is 1.16 bits per heavy atom. The molecule has 0 atom stereocenters. The van der Waals surface area contributed by atoms with E-state index in [-0.39, 0.29) is 5.56 Å². The van der Waals surface area contributed by atoms with E-state index in [1.54, 1.807) is 42.6 Å². The van der Waals surface area contributed by atoms with Crippen LogP contribution >= 0.6 is 0 Å². The van der Waals surface area contributed by atoms with E-state index in [0.29, 0.717) is 28.3 Å². The molecule has 1 aromatic heterocycles. The van der Waals surface area contributed by atoms with Gasteiger partial charge in [-0.3, -0.25) is 0 Å². The molecule has 2 aromatic carbocycles. The molecule has 0 unspecified atom stereocenters. The minimum atomic E-state index is -1.07. The minimum absolute atomic E-state index is 0.0768. The molecule has 0 aliphatic rings. The quantitative estimate of drug-likeness (QED) is 0.765. The van der Waals surface area contributed by atoms with Crippen LogP contribution in [-0.2, 0) is 0 Å². The highest BCUT2D eigenvalue weighted by molar-refractivity contribution is 5.90. The van der Waals surface area contributed by atoms with Crippen LogP contribution in [0.4, 0.5) is 0 Å². The van der Waals surface area contributed by atoms with Crippen molar-refractivity contribution in [1.29, 1.82) is 5.26 Å². The summed E-state index contributed by atoms with van der Waals surface area (Å²) in [7, 11) is 0. The molecule has 25 heavy (non-hydrogen) atoms. The van der Waals surface area contributed by atoms with Crippen LogP contribution in [0.25, 0.3) is 11.1 Å². The third-order valence-electron chi connectivity index (χ3n) is 3.62. The Labute approximate surface area is 144 Å². The number of aromatic nitrogens is 1. The second-order valence-electron chi connectivity index (χ2n) is 5.48. The summed E-state index contributed by atoms with van der Waals surface area (Å²) >= 11 is 0. The van der Waals surface area contributed by atoms with Crippen LogP contribution in [0.1, 0.15) is 21.5 Å². The first kappa shape index (κ1) is 16.2. The lowest BCUT2D eigenvalue weighted by molar-refractivity contribution is 0.0696. The van der Waals surface area contributed by atoms with Gasteiger partial charge in [0, 0.05) is 12.3 Å². The van der Waals surface area contributed by atoms with Gasteiger partial charge < -0.3 is 9.84 Å². The Balaban J connectivity index is 2.11. The van der Waals surface area contributed by atoms with E-state index >= 15 is 0 Å². The van der Waals surface area contributed by atoms with Crippen molar-refractivity contribution in [3.8, 4) is 28.8 Å². The van der Waals surface area contributed by atoms with Gasteiger partial charge in [-0.15, -0.1) is 0 Å². The molecule has 0 fully saturated rings. The van der Waals surface area contributed by atoms with Gasteiger partial charge in [0.15, 0.2) is 0 Å². The smallest absolute Gasteiger partial charge is 0.335 e. The summed E-state index contributed by atoms with van der Waals surface area (Å²) in [6, 6.07) is 17.5. The molecule has 3 rings (SSSR count). The molecule has 3 aromatic rings. The van der Waals surface area contributed by atoms with Crippen LogP contribution in [0.2, 0.25) is 0 Å². The molecule has 0 amide bonds. The van der Waals surface area contributed by atoms with Crippen molar-refractivity contribution < 1.29 is 14.6 Å². The highest BCUT2D eigenvalue weighted by atomic mass is 16.5. The maximum Gasteiger partial charge on any atom is 0.335 e. The molecule has 5 nitrogen and oxygen atoms in total. The fraction of sp³-hybridized carbons (Fsp3) is 0.0500. The maximum atomic E-state index is 11.5. The summed E-state index contributed by atoms with van der Waals surface area (Å²) in [5, 5.41) is 18.8. The minimum Gasteiger partial charge on any atom is -0.478 e. The van der Waals surface area contributed by atoms with E-state index in [2.05, 4.69) is 11.1 Å². The first-order valence-corrected chi connectivity index (χ1v) is 7.55. The lowest BCUT2D eigenvalue weighted by Crippen LogP contribution is -1.99. The van der Waals surface area contributed by atoms with Gasteiger partial charge in [0.2, 0.25) is 5.88 Å². The van der Waals surface area contributed by atoms with E-state index in [9.17, 15) is 15.2 Å². The van der Waals surface area contributed by atoms with Crippen molar-refractivity contribution in [3.63, 3.8) is 0 Å². The lowest BCUT2D eigenvalue weighted by Gasteiger charge is -2.10. The molecule has 0 radical (unpaired) electrons. The van der Waals surface area contributed by atoms with Crippen molar-refractivity contribution >= 4 is 5.97 Å². The van der Waals surface area contributed by atoms with Gasteiger partial charge in [0.25, 0.3) is 0 Å². The number of carboxylic acid groups (broad SMARTS) is 1. The van der Waals surface area contributed by atoms with Crippen molar-refractivity contribution in [3.05, 3.63) is 77.5 Å². The van der Waals surface area contributed by atoms with E-state index in [1.165, 1.54) is 12.1 Å². The Hall–Kier alpha value is -3.65. The Kier molecular flexibility index (Phi) is 4.44. The van der Waals surface area contributed by atoms with Gasteiger partial charge in [-0.1, -0.05) is 18.2 Å². The molecule has 1 heterocycles. The molecule has 0 aliphatic carbocycles. The molecule has 0 saturated heterocycles. The normalized spacial score (nSPS) is 10.1. The fourth-order valence-corrected chi connectivity index (χ4v) is 2.47. The number of hydrogen-bond acceptors (Lipinski definition) is 4. The molecule has 0 aliphatic heterocycles. The van der Waals surface area contributed by atoms with Gasteiger partial charge in [-0.05, 0) is 53.9 Å². The molecule has 1 N–H and O–H groups in total. The molecule has 0 bridgehead atoms. The van der Waals surface area contributed by atoms with Gasteiger partial charge in [0.1, 0.15) is 5.75 Å². The maximum absolute atomic E-state index is 11.5. The summed E-state index contributed by atoms with van der Waals surface area (Å²) in [6.45, 7) is 1.90. The van der Waals surface area contributed by atoms with Gasteiger partial charge >= 0.3 is 5.97 Å². The first-order chi connectivity index (χ1) is 12.1. The average molecular weight is 330 g/mol. The number of aromatic carboxylic acids is 1. The predicted octanol–water partition coefficient (Wildman–Crippen LogP) is 4.42. The zero-order valence-electron chi connectivity index (χ0n) is 13.4. The third kappa shape index (κ3) is 3.65. The topological polar surface area (TPSA) is 83.2 Å². The number of rotatable bonds is 4. The predicted molar refractivity (Wildman–Crippen MR) is 92.6 cm³/mol. The zero-order chi connectivity index (χ0) is 17.8. The third-order valence-corrected chi connectivity index (χ3v) is 3.62. The van der Waals surface area contributed by atoms with Crippen LogP contribution in [0.3, 0.4) is 0 Å². The van der Waals surface area contributed by atoms with E-state index in [1.807, 2.05) is 13.0 Å². The number of ether oxygens (including phenoxy) is 1. The SMILES string of the molecule is Cc1ccc(-c2cc(Oc3ccccn3)cc(C(=O)O)c2)c(C#N)c1. The number of benzene rings is 2. The first-order valence-electron chi connectivity index (χ1n) is 7.55. The van der Waals surface area contributed by atoms with E-state index in [4.69, 9.17) is 4.74 Å².